The first-order chi connectivity index (χ1) is 6.20. The van der Waals surface area contributed by atoms with Crippen molar-refractivity contribution in [3.8, 4) is 0 Å². The zero-order chi connectivity index (χ0) is 9.31. The normalized spacial score (nSPS) is 19.5. The quantitative estimate of drug-likeness (QED) is 0.777. The second-order valence-corrected chi connectivity index (χ2v) is 4.36. The van der Waals surface area contributed by atoms with E-state index in [0.717, 1.165) is 17.9 Å². The van der Waals surface area contributed by atoms with E-state index in [4.69, 9.17) is 4.52 Å². The van der Waals surface area contributed by atoms with Crippen LogP contribution in [-0.4, -0.2) is 11.7 Å². The Bertz CT molecular complexity index is 289. The van der Waals surface area contributed by atoms with Crippen LogP contribution in [0.15, 0.2) is 10.8 Å². The summed E-state index contributed by atoms with van der Waals surface area (Å²) in [5, 5.41) is 7.22. The third-order valence-electron chi connectivity index (χ3n) is 2.99. The molecule has 0 aromatic carbocycles. The van der Waals surface area contributed by atoms with Gasteiger partial charge in [-0.05, 0) is 25.2 Å². The largest absolute Gasteiger partial charge is 0.366 e. The number of anilines is 1. The molecule has 1 heterocycles. The highest BCUT2D eigenvalue weighted by molar-refractivity contribution is 5.40. The van der Waals surface area contributed by atoms with E-state index in [0.29, 0.717) is 5.41 Å². The molecular weight excluding hydrogens is 164 g/mol. The lowest BCUT2D eigenvalue weighted by molar-refractivity contribution is 0.179. The maximum atomic E-state index is 4.85. The van der Waals surface area contributed by atoms with E-state index >= 15 is 0 Å². The van der Waals surface area contributed by atoms with Crippen LogP contribution < -0.4 is 5.32 Å². The molecule has 1 aliphatic carbocycles. The molecular formula is C10H16N2O. The standard InChI is InChI=1S/C10H16N2O/c1-8-6-13-12-9(8)11-7-10(2)4-3-5-10/h6H,3-5,7H2,1-2H3,(H,11,12). The van der Waals surface area contributed by atoms with Crippen LogP contribution in [0.2, 0.25) is 0 Å². The fraction of sp³-hybridized carbons (Fsp3) is 0.700. The molecule has 0 amide bonds. The number of aryl methyl sites for hydroxylation is 1. The van der Waals surface area contributed by atoms with Crippen molar-refractivity contribution in [3.63, 3.8) is 0 Å². The summed E-state index contributed by atoms with van der Waals surface area (Å²) >= 11 is 0. The van der Waals surface area contributed by atoms with E-state index < -0.39 is 0 Å². The molecule has 3 heteroatoms. The second kappa shape index (κ2) is 3.05. The predicted molar refractivity (Wildman–Crippen MR) is 51.7 cm³/mol. The summed E-state index contributed by atoms with van der Waals surface area (Å²) in [5.74, 6) is 0.896. The molecule has 0 aliphatic heterocycles. The molecule has 1 fully saturated rings. The summed E-state index contributed by atoms with van der Waals surface area (Å²) in [5.41, 5.74) is 1.58. The van der Waals surface area contributed by atoms with Gasteiger partial charge in [-0.15, -0.1) is 0 Å². The van der Waals surface area contributed by atoms with E-state index in [2.05, 4.69) is 17.4 Å². The van der Waals surface area contributed by atoms with Gasteiger partial charge in [-0.2, -0.15) is 0 Å². The summed E-state index contributed by atoms with van der Waals surface area (Å²) in [6, 6.07) is 0. The third kappa shape index (κ3) is 1.69. The monoisotopic (exact) mass is 180 g/mol. The van der Waals surface area contributed by atoms with Crippen molar-refractivity contribution in [1.29, 1.82) is 0 Å². The van der Waals surface area contributed by atoms with Crippen LogP contribution in [0.25, 0.3) is 0 Å². The van der Waals surface area contributed by atoms with Crippen LogP contribution in [0.1, 0.15) is 31.7 Å². The van der Waals surface area contributed by atoms with Crippen molar-refractivity contribution >= 4 is 5.82 Å². The Kier molecular flexibility index (Phi) is 2.02. The second-order valence-electron chi connectivity index (χ2n) is 4.36. The van der Waals surface area contributed by atoms with E-state index in [-0.39, 0.29) is 0 Å². The number of nitrogens with one attached hydrogen (secondary N) is 1. The van der Waals surface area contributed by atoms with Crippen LogP contribution in [0, 0.1) is 12.3 Å². The lowest BCUT2D eigenvalue weighted by Crippen LogP contribution is -2.33. The molecule has 1 aromatic heterocycles. The molecule has 0 saturated heterocycles. The Morgan fingerprint density at radius 2 is 2.38 bits per heavy atom. The van der Waals surface area contributed by atoms with Crippen LogP contribution in [0.4, 0.5) is 5.82 Å². The summed E-state index contributed by atoms with van der Waals surface area (Å²) in [7, 11) is 0. The molecule has 13 heavy (non-hydrogen) atoms. The van der Waals surface area contributed by atoms with Gasteiger partial charge in [0.2, 0.25) is 0 Å². The van der Waals surface area contributed by atoms with Gasteiger partial charge in [0.25, 0.3) is 0 Å². The molecule has 1 aromatic rings. The Morgan fingerprint density at radius 3 is 2.85 bits per heavy atom. The summed E-state index contributed by atoms with van der Waals surface area (Å²) < 4.78 is 4.85. The van der Waals surface area contributed by atoms with Gasteiger partial charge >= 0.3 is 0 Å². The first-order valence-electron chi connectivity index (χ1n) is 4.84. The van der Waals surface area contributed by atoms with Crippen LogP contribution in [0.5, 0.6) is 0 Å². The highest BCUT2D eigenvalue weighted by atomic mass is 16.5. The van der Waals surface area contributed by atoms with Crippen molar-refractivity contribution in [2.45, 2.75) is 33.1 Å². The molecule has 0 spiro atoms. The highest BCUT2D eigenvalue weighted by Crippen LogP contribution is 2.40. The summed E-state index contributed by atoms with van der Waals surface area (Å²) in [6.07, 6.45) is 5.70. The van der Waals surface area contributed by atoms with Gasteiger partial charge in [-0.25, -0.2) is 0 Å². The van der Waals surface area contributed by atoms with Gasteiger partial charge in [-0.3, -0.25) is 0 Å². The Balaban J connectivity index is 1.89. The van der Waals surface area contributed by atoms with E-state index in [1.54, 1.807) is 6.26 Å². The lowest BCUT2D eigenvalue weighted by Gasteiger charge is -2.38. The molecule has 0 radical (unpaired) electrons. The summed E-state index contributed by atoms with van der Waals surface area (Å²) in [6.45, 7) is 5.33. The number of hydrogen-bond acceptors (Lipinski definition) is 3. The maximum Gasteiger partial charge on any atom is 0.172 e. The Labute approximate surface area is 78.5 Å². The van der Waals surface area contributed by atoms with Crippen molar-refractivity contribution < 1.29 is 4.52 Å². The highest BCUT2D eigenvalue weighted by Gasteiger charge is 2.31. The van der Waals surface area contributed by atoms with E-state index in [1.165, 1.54) is 19.3 Å². The first kappa shape index (κ1) is 8.60. The molecule has 1 N–H and O–H groups in total. The van der Waals surface area contributed by atoms with Crippen molar-refractivity contribution in [1.82, 2.24) is 5.16 Å². The molecule has 2 rings (SSSR count). The van der Waals surface area contributed by atoms with Gasteiger partial charge in [0.15, 0.2) is 5.82 Å². The van der Waals surface area contributed by atoms with Gasteiger partial charge in [0.1, 0.15) is 6.26 Å². The third-order valence-corrected chi connectivity index (χ3v) is 2.99. The van der Waals surface area contributed by atoms with Gasteiger partial charge in [0.05, 0.1) is 0 Å². The topological polar surface area (TPSA) is 38.1 Å². The predicted octanol–water partition coefficient (Wildman–Crippen LogP) is 2.59. The minimum atomic E-state index is 0.491. The number of aromatic nitrogens is 1. The molecule has 0 unspecified atom stereocenters. The zero-order valence-corrected chi connectivity index (χ0v) is 8.26. The Hall–Kier alpha value is -0.990. The zero-order valence-electron chi connectivity index (χ0n) is 8.26. The SMILES string of the molecule is Cc1conc1NCC1(C)CCC1. The molecule has 1 aliphatic rings. The van der Waals surface area contributed by atoms with E-state index in [1.807, 2.05) is 6.92 Å². The lowest BCUT2D eigenvalue weighted by atomic mass is 9.70. The fourth-order valence-electron chi connectivity index (χ4n) is 1.71. The summed E-state index contributed by atoms with van der Waals surface area (Å²) in [4.78, 5) is 0. The smallest absolute Gasteiger partial charge is 0.172 e. The Morgan fingerprint density at radius 1 is 1.62 bits per heavy atom. The maximum absolute atomic E-state index is 4.85. The fourth-order valence-corrected chi connectivity index (χ4v) is 1.71. The van der Waals surface area contributed by atoms with E-state index in [9.17, 15) is 0 Å². The van der Waals surface area contributed by atoms with Gasteiger partial charge in [0, 0.05) is 12.1 Å². The van der Waals surface area contributed by atoms with Crippen molar-refractivity contribution in [3.05, 3.63) is 11.8 Å². The molecule has 0 bridgehead atoms. The number of nitrogens with zero attached hydrogens (tertiary/aromatic N) is 1. The molecule has 3 nitrogen and oxygen atoms in total. The molecule has 72 valence electrons. The average molecular weight is 180 g/mol. The van der Waals surface area contributed by atoms with Crippen LogP contribution in [0.3, 0.4) is 0 Å². The van der Waals surface area contributed by atoms with Crippen molar-refractivity contribution in [2.75, 3.05) is 11.9 Å². The minimum Gasteiger partial charge on any atom is -0.366 e. The average Bonchev–Trinajstić information content (AvgIpc) is 2.44. The molecule has 0 atom stereocenters. The number of rotatable bonds is 3. The minimum absolute atomic E-state index is 0.491. The van der Waals surface area contributed by atoms with Crippen molar-refractivity contribution in [2.24, 2.45) is 5.41 Å². The van der Waals surface area contributed by atoms with Gasteiger partial charge < -0.3 is 9.84 Å². The van der Waals surface area contributed by atoms with Crippen LogP contribution in [-0.2, 0) is 0 Å². The first-order valence-corrected chi connectivity index (χ1v) is 4.84. The molecule has 1 saturated carbocycles. The van der Waals surface area contributed by atoms with Crippen LogP contribution >= 0.6 is 0 Å². The number of hydrogen-bond donors (Lipinski definition) is 1. The van der Waals surface area contributed by atoms with Gasteiger partial charge in [-0.1, -0.05) is 18.5 Å².